The van der Waals surface area contributed by atoms with Crippen LogP contribution < -0.4 is 22.9 Å². The van der Waals surface area contributed by atoms with Gasteiger partial charge in [0.15, 0.2) is 5.53 Å². The summed E-state index contributed by atoms with van der Waals surface area (Å²) in [6, 6.07) is 29.4. The molecule has 0 fully saturated rings. The Morgan fingerprint density at radius 3 is 1.33 bits per heavy atom. The van der Waals surface area contributed by atoms with E-state index in [0.29, 0.717) is 0 Å². The molecule has 0 atom stereocenters. The van der Waals surface area contributed by atoms with E-state index in [0.717, 1.165) is 39.4 Å². The average molecular weight is 504 g/mol. The minimum Gasteiger partial charge on any atom is -0.399 e. The monoisotopic (exact) mass is 503 g/mol. The molecule has 0 radical (unpaired) electrons. The number of nitrogens with zero attached hydrogens (tertiary/aromatic N) is 1. The van der Waals surface area contributed by atoms with Crippen LogP contribution in [0.2, 0.25) is 0 Å². The van der Waals surface area contributed by atoms with Gasteiger partial charge in [0, 0.05) is 34.4 Å². The predicted molar refractivity (Wildman–Crippen MR) is 159 cm³/mol. The predicted octanol–water partition coefficient (Wildman–Crippen LogP) is 7.32. The second-order valence-corrected chi connectivity index (χ2v) is 8.24. The molecule has 0 saturated heterocycles. The first-order chi connectivity index (χ1) is 17.0. The van der Waals surface area contributed by atoms with Gasteiger partial charge in [-0.25, -0.2) is 0 Å². The fraction of sp³-hybridized carbons (Fsp3) is 0.167. The number of benzene rings is 4. The molecule has 0 aliphatic rings. The quantitative estimate of drug-likeness (QED) is 0.187. The molecule has 190 valence electrons. The molecule has 4 rings (SSSR count). The van der Waals surface area contributed by atoms with Crippen molar-refractivity contribution in [3.63, 3.8) is 0 Å². The number of para-hydroxylation sites is 2. The molecule has 36 heavy (non-hydrogen) atoms. The average Bonchev–Trinajstić information content (AvgIpc) is 2.83. The Labute approximate surface area is 221 Å². The van der Waals surface area contributed by atoms with E-state index in [9.17, 15) is 0 Å². The number of hydrogen-bond donors (Lipinski definition) is 4. The Bertz CT molecular complexity index is 1130. The second kappa shape index (κ2) is 18.2. The van der Waals surface area contributed by atoms with E-state index in [-0.39, 0.29) is 0 Å². The van der Waals surface area contributed by atoms with Gasteiger partial charge in [0.25, 0.3) is 0 Å². The summed E-state index contributed by atoms with van der Waals surface area (Å²) in [5, 5.41) is 7.08. The molecule has 0 unspecified atom stereocenters. The molecule has 5 nitrogen and oxygen atoms in total. The van der Waals surface area contributed by atoms with Crippen LogP contribution in [-0.2, 0) is 0 Å². The van der Waals surface area contributed by atoms with Crippen molar-refractivity contribution < 1.29 is 0 Å². The fourth-order valence-electron chi connectivity index (χ4n) is 2.63. The summed E-state index contributed by atoms with van der Waals surface area (Å²) >= 11 is 4.30. The Morgan fingerprint density at radius 1 is 0.528 bits per heavy atom. The number of nitriles is 1. The van der Waals surface area contributed by atoms with Crippen molar-refractivity contribution >= 4 is 34.4 Å². The lowest BCUT2D eigenvalue weighted by molar-refractivity contribution is 1.39. The van der Waals surface area contributed by atoms with E-state index in [4.69, 9.17) is 28.2 Å². The summed E-state index contributed by atoms with van der Waals surface area (Å²) in [6.45, 7) is 10.1. The highest BCUT2D eigenvalue weighted by molar-refractivity contribution is 6.28. The van der Waals surface area contributed by atoms with E-state index < -0.39 is 0 Å². The summed E-state index contributed by atoms with van der Waals surface area (Å²) in [5.41, 5.74) is 32.7. The molecule has 8 N–H and O–H groups in total. The van der Waals surface area contributed by atoms with Crippen molar-refractivity contribution in [2.75, 3.05) is 22.9 Å². The van der Waals surface area contributed by atoms with Crippen LogP contribution in [0.1, 0.15) is 27.8 Å². The van der Waals surface area contributed by atoms with Gasteiger partial charge in [-0.05, 0) is 87.2 Å². The van der Waals surface area contributed by atoms with Crippen LogP contribution in [0.4, 0.5) is 22.7 Å². The van der Waals surface area contributed by atoms with Crippen molar-refractivity contribution in [2.24, 2.45) is 0 Å². The molecular weight excluding hydrogens is 466 g/mol. The van der Waals surface area contributed by atoms with Gasteiger partial charge >= 0.3 is 0 Å². The number of halogens is 1. The smallest absolute Gasteiger partial charge is 0.173 e. The van der Waals surface area contributed by atoms with Crippen LogP contribution in [0.3, 0.4) is 0 Å². The van der Waals surface area contributed by atoms with Gasteiger partial charge in [0.2, 0.25) is 0 Å². The highest BCUT2D eigenvalue weighted by Crippen LogP contribution is 2.11. The Kier molecular flexibility index (Phi) is 16.1. The molecule has 0 bridgehead atoms. The molecule has 0 aromatic heterocycles. The van der Waals surface area contributed by atoms with Gasteiger partial charge < -0.3 is 22.9 Å². The number of rotatable bonds is 0. The first kappa shape index (κ1) is 31.9. The lowest BCUT2D eigenvalue weighted by Crippen LogP contribution is -1.88. The maximum atomic E-state index is 7.08. The minimum atomic E-state index is 0.822. The second-order valence-electron chi connectivity index (χ2n) is 8.07. The Hall–Kier alpha value is -4.14. The maximum absolute atomic E-state index is 7.08. The Morgan fingerprint density at radius 2 is 0.972 bits per heavy atom. The zero-order chi connectivity index (χ0) is 27.5. The summed E-state index contributed by atoms with van der Waals surface area (Å²) in [5.74, 6) is 0. The molecule has 4 aromatic rings. The zero-order valence-electron chi connectivity index (χ0n) is 21.8. The molecule has 0 amide bonds. The molecule has 0 saturated carbocycles. The third-order valence-electron chi connectivity index (χ3n) is 4.85. The Balaban J connectivity index is 0.000000439. The van der Waals surface area contributed by atoms with Crippen molar-refractivity contribution in [3.05, 3.63) is 119 Å². The van der Waals surface area contributed by atoms with Crippen LogP contribution in [0.15, 0.2) is 91.0 Å². The van der Waals surface area contributed by atoms with Gasteiger partial charge in [-0.1, -0.05) is 66.2 Å². The molecule has 6 heteroatoms. The number of nitrogen functional groups attached to an aromatic ring is 4. The van der Waals surface area contributed by atoms with Crippen LogP contribution >= 0.6 is 11.6 Å². The molecule has 0 aliphatic carbocycles. The molecule has 4 aromatic carbocycles. The maximum Gasteiger partial charge on any atom is 0.173 e. The largest absolute Gasteiger partial charge is 0.399 e. The zero-order valence-corrected chi connectivity index (χ0v) is 22.6. The van der Waals surface area contributed by atoms with E-state index >= 15 is 0 Å². The molecule has 0 heterocycles. The SMILES string of the molecule is Cc1ccc(C)c(N)c1.Cc1ccc(N)c(C)c1.Cc1ccccc1N.N#CCl.Nc1ccccc1. The number of hydrogen-bond acceptors (Lipinski definition) is 5. The highest BCUT2D eigenvalue weighted by Gasteiger charge is 1.90. The van der Waals surface area contributed by atoms with Crippen LogP contribution in [0.5, 0.6) is 0 Å². The van der Waals surface area contributed by atoms with Crippen LogP contribution in [-0.4, -0.2) is 0 Å². The van der Waals surface area contributed by atoms with Gasteiger partial charge in [0.05, 0.1) is 0 Å². The van der Waals surface area contributed by atoms with Gasteiger partial charge in [0.1, 0.15) is 0 Å². The summed E-state index contributed by atoms with van der Waals surface area (Å²) in [6.07, 6.45) is 0. The lowest BCUT2D eigenvalue weighted by Gasteiger charge is -1.98. The third kappa shape index (κ3) is 14.9. The van der Waals surface area contributed by atoms with Crippen LogP contribution in [0, 0.1) is 45.4 Å². The summed E-state index contributed by atoms with van der Waals surface area (Å²) in [4.78, 5) is 0. The standard InChI is InChI=1S/2C8H11N.C7H9N.C6H7N.CClN/c1-6-3-4-8(9)7(2)5-6;1-6-3-4-7(2)8(9)5-6;1-6-4-2-3-5-7(6)8;7-6-4-2-1-3-5-6;2-1-3/h2*3-5H,9H2,1-2H3;2-5H,8H2,1H3;1-5H,7H2;. The van der Waals surface area contributed by atoms with Crippen molar-refractivity contribution in [1.82, 2.24) is 0 Å². The van der Waals surface area contributed by atoms with Gasteiger partial charge in [-0.3, -0.25) is 0 Å². The van der Waals surface area contributed by atoms with Crippen molar-refractivity contribution in [2.45, 2.75) is 34.6 Å². The van der Waals surface area contributed by atoms with Crippen molar-refractivity contribution in [1.29, 1.82) is 5.26 Å². The number of aryl methyl sites for hydroxylation is 5. The first-order valence-electron chi connectivity index (χ1n) is 11.3. The molecular formula is C30H38ClN5. The van der Waals surface area contributed by atoms with E-state index in [2.05, 4.69) is 30.7 Å². The number of anilines is 4. The summed E-state index contributed by atoms with van der Waals surface area (Å²) < 4.78 is 0. The first-order valence-corrected chi connectivity index (χ1v) is 11.7. The molecule has 0 aliphatic heterocycles. The third-order valence-corrected chi connectivity index (χ3v) is 4.85. The number of nitrogens with two attached hydrogens (primary N) is 4. The van der Waals surface area contributed by atoms with Gasteiger partial charge in [-0.2, -0.15) is 5.26 Å². The fourth-order valence-corrected chi connectivity index (χ4v) is 2.63. The highest BCUT2D eigenvalue weighted by atomic mass is 35.5. The minimum absolute atomic E-state index is 0.822. The van der Waals surface area contributed by atoms with Gasteiger partial charge in [-0.15, -0.1) is 0 Å². The van der Waals surface area contributed by atoms with E-state index in [1.54, 1.807) is 0 Å². The van der Waals surface area contributed by atoms with Crippen molar-refractivity contribution in [3.8, 4) is 5.53 Å². The van der Waals surface area contributed by atoms with Crippen LogP contribution in [0.25, 0.3) is 0 Å². The topological polar surface area (TPSA) is 128 Å². The van der Waals surface area contributed by atoms with E-state index in [1.807, 2.05) is 107 Å². The molecule has 0 spiro atoms. The summed E-state index contributed by atoms with van der Waals surface area (Å²) in [7, 11) is 0. The van der Waals surface area contributed by atoms with E-state index in [1.165, 1.54) is 16.7 Å². The lowest BCUT2D eigenvalue weighted by atomic mass is 10.1. The normalized spacial score (nSPS) is 8.69.